The summed E-state index contributed by atoms with van der Waals surface area (Å²) in [4.78, 5) is 12.2. The molecule has 0 amide bonds. The molecule has 2 aliphatic heterocycles. The summed E-state index contributed by atoms with van der Waals surface area (Å²) in [7, 11) is 1.72. The molecule has 2 aliphatic carbocycles. The van der Waals surface area contributed by atoms with Crippen molar-refractivity contribution in [1.82, 2.24) is 0 Å². The van der Waals surface area contributed by atoms with Crippen LogP contribution in [0.5, 0.6) is 0 Å². The Morgan fingerprint density at radius 3 is 2.75 bits per heavy atom. The van der Waals surface area contributed by atoms with Gasteiger partial charge < -0.3 is 0 Å². The van der Waals surface area contributed by atoms with Gasteiger partial charge in [0.25, 0.3) is 0 Å². The molecular formula is C27H31NO3Se. The number of nitrogens with zero attached hydrogens (tertiary/aromatic N) is 1. The van der Waals surface area contributed by atoms with Gasteiger partial charge in [-0.1, -0.05) is 0 Å². The molecule has 6 atom stereocenters. The van der Waals surface area contributed by atoms with Gasteiger partial charge in [-0.05, 0) is 0 Å². The Kier molecular flexibility index (Phi) is 6.88. The first-order valence-corrected chi connectivity index (χ1v) is 13.0. The van der Waals surface area contributed by atoms with Gasteiger partial charge >= 0.3 is 198 Å². The molecule has 1 aromatic carbocycles. The molecule has 1 aromatic rings. The van der Waals surface area contributed by atoms with Crippen LogP contribution < -0.4 is 4.46 Å². The molecule has 3 fully saturated rings. The number of benzene rings is 1. The fourth-order valence-electron chi connectivity index (χ4n) is 5.67. The van der Waals surface area contributed by atoms with Gasteiger partial charge in [-0.2, -0.15) is 0 Å². The Labute approximate surface area is 197 Å². The van der Waals surface area contributed by atoms with Crippen LogP contribution in [0.25, 0.3) is 0 Å². The normalized spacial score (nSPS) is 34.3. The van der Waals surface area contributed by atoms with Crippen LogP contribution >= 0.6 is 0 Å². The van der Waals surface area contributed by atoms with Gasteiger partial charge in [-0.25, -0.2) is 0 Å². The van der Waals surface area contributed by atoms with Crippen LogP contribution in [0.15, 0.2) is 65.8 Å². The molecule has 2 bridgehead atoms. The van der Waals surface area contributed by atoms with Gasteiger partial charge in [0, 0.05) is 0 Å². The van der Waals surface area contributed by atoms with Crippen LogP contribution in [0.1, 0.15) is 39.5 Å². The molecule has 5 heteroatoms. The Hall–Kier alpha value is -1.96. The average molecular weight is 497 g/mol. The SMILES string of the molecule is C=C(C)[C@@H]1[C@H]2C[C@@H](C)C([Se]c3ccccc3)(OC2OC)[C@H]1/C=C(/C#N)CC1=CCCC1=O. The molecular weight excluding hydrogens is 465 g/mol. The molecule has 5 rings (SSSR count). The van der Waals surface area contributed by atoms with Crippen molar-refractivity contribution < 1.29 is 14.3 Å². The summed E-state index contributed by atoms with van der Waals surface area (Å²) in [6.07, 6.45) is 6.60. The Morgan fingerprint density at radius 2 is 2.16 bits per heavy atom. The summed E-state index contributed by atoms with van der Waals surface area (Å²) >= 11 is 0.00766. The number of carbonyl (C=O) groups excluding carboxylic acids is 1. The third-order valence-corrected chi connectivity index (χ3v) is 10.5. The summed E-state index contributed by atoms with van der Waals surface area (Å²) in [5, 5.41) is 10.00. The molecule has 0 aromatic heterocycles. The number of fused-ring (bicyclic) bond motifs is 3. The number of hydrogen-bond acceptors (Lipinski definition) is 4. The maximum atomic E-state index is 12.2. The number of Topliss-reactive ketones (excluding diaryl/α,β-unsaturated/α-hetero) is 1. The average Bonchev–Trinajstić information content (AvgIpc) is 3.18. The van der Waals surface area contributed by atoms with Gasteiger partial charge in [0.15, 0.2) is 0 Å². The molecule has 0 N–H and O–H groups in total. The molecule has 2 unspecified atom stereocenters. The van der Waals surface area contributed by atoms with Crippen molar-refractivity contribution in [2.24, 2.45) is 23.7 Å². The van der Waals surface area contributed by atoms with Crippen molar-refractivity contribution in [2.75, 3.05) is 7.11 Å². The number of allylic oxidation sites excluding steroid dienone is 4. The van der Waals surface area contributed by atoms with Crippen LogP contribution in [0.3, 0.4) is 0 Å². The third kappa shape index (κ3) is 4.18. The second-order valence-corrected chi connectivity index (χ2v) is 12.0. The fraction of sp³-hybridized carbons (Fsp3) is 0.481. The molecule has 168 valence electrons. The minimum absolute atomic E-state index is 0.00766. The van der Waals surface area contributed by atoms with E-state index in [2.05, 4.69) is 56.8 Å². The first kappa shape index (κ1) is 23.2. The predicted molar refractivity (Wildman–Crippen MR) is 126 cm³/mol. The predicted octanol–water partition coefficient (Wildman–Crippen LogP) is 4.31. The Morgan fingerprint density at radius 1 is 1.41 bits per heavy atom. The van der Waals surface area contributed by atoms with E-state index in [1.807, 2.05) is 12.1 Å². The van der Waals surface area contributed by atoms with E-state index in [1.165, 1.54) is 4.46 Å². The first-order valence-electron chi connectivity index (χ1n) is 11.3. The second kappa shape index (κ2) is 9.49. The van der Waals surface area contributed by atoms with Crippen molar-refractivity contribution >= 4 is 25.2 Å². The Balaban J connectivity index is 1.79. The maximum absolute atomic E-state index is 12.2. The zero-order valence-corrected chi connectivity index (χ0v) is 20.8. The van der Waals surface area contributed by atoms with Crippen LogP contribution in [-0.2, 0) is 14.3 Å². The van der Waals surface area contributed by atoms with Crippen molar-refractivity contribution in [2.45, 2.75) is 50.3 Å². The molecule has 0 spiro atoms. The van der Waals surface area contributed by atoms with E-state index < -0.39 is 4.50 Å². The van der Waals surface area contributed by atoms with Gasteiger partial charge in [0.05, 0.1) is 0 Å². The molecule has 2 heterocycles. The summed E-state index contributed by atoms with van der Waals surface area (Å²) in [5.74, 6) is 0.886. The molecule has 2 saturated heterocycles. The van der Waals surface area contributed by atoms with E-state index in [1.54, 1.807) is 7.11 Å². The molecule has 0 radical (unpaired) electrons. The topological polar surface area (TPSA) is 59.3 Å². The Bertz CT molecular complexity index is 992. The van der Waals surface area contributed by atoms with Gasteiger partial charge in [0.1, 0.15) is 0 Å². The number of rotatable bonds is 7. The zero-order chi connectivity index (χ0) is 22.9. The third-order valence-electron chi connectivity index (χ3n) is 7.12. The second-order valence-electron chi connectivity index (χ2n) is 9.23. The number of methoxy groups -OCH3 is 1. The minimum atomic E-state index is -0.441. The summed E-state index contributed by atoms with van der Waals surface area (Å²) in [5.41, 5.74) is 2.54. The van der Waals surface area contributed by atoms with Gasteiger partial charge in [-0.3, -0.25) is 0 Å². The van der Waals surface area contributed by atoms with Gasteiger partial charge in [-0.15, -0.1) is 0 Å². The van der Waals surface area contributed by atoms with Crippen LogP contribution in [0.2, 0.25) is 0 Å². The standard InChI is InChI=1S/C27H31NO3Se/c1-17(2)25-22-13-18(3)27(31-26(22)30-4,32-21-10-6-5-7-11-21)23(25)15-19(16-28)14-20-9-8-12-24(20)29/h5-7,9-11,15,18,22-23,25-26H,1,8,12-14H2,2-4H3/b19-15+/t18-,22-,23+,25-,26?,27?/m1/s1. The summed E-state index contributed by atoms with van der Waals surface area (Å²) < 4.78 is 13.5. The van der Waals surface area contributed by atoms with E-state index in [-0.39, 0.29) is 44.8 Å². The van der Waals surface area contributed by atoms with Crippen molar-refractivity contribution in [3.63, 3.8) is 0 Å². The van der Waals surface area contributed by atoms with E-state index in [0.717, 1.165) is 24.0 Å². The summed E-state index contributed by atoms with van der Waals surface area (Å²) in [6, 6.07) is 12.9. The molecule has 4 aliphatic rings. The van der Waals surface area contributed by atoms with Crippen molar-refractivity contribution in [3.8, 4) is 6.07 Å². The number of carbonyl (C=O) groups is 1. The van der Waals surface area contributed by atoms with E-state index in [0.29, 0.717) is 24.3 Å². The van der Waals surface area contributed by atoms with E-state index in [9.17, 15) is 10.1 Å². The van der Waals surface area contributed by atoms with Crippen molar-refractivity contribution in [3.05, 3.63) is 65.8 Å². The fourth-order valence-corrected chi connectivity index (χ4v) is 8.72. The monoisotopic (exact) mass is 497 g/mol. The van der Waals surface area contributed by atoms with Crippen LogP contribution in [0, 0.1) is 35.0 Å². The van der Waals surface area contributed by atoms with E-state index >= 15 is 0 Å². The van der Waals surface area contributed by atoms with Crippen LogP contribution in [-0.4, -0.2) is 38.6 Å². The molecule has 4 nitrogen and oxygen atoms in total. The van der Waals surface area contributed by atoms with E-state index in [4.69, 9.17) is 9.47 Å². The quantitative estimate of drug-likeness (QED) is 0.321. The molecule has 1 saturated carbocycles. The first-order chi connectivity index (χ1) is 15.4. The number of ether oxygens (including phenoxy) is 2. The summed E-state index contributed by atoms with van der Waals surface area (Å²) in [6.45, 7) is 8.70. The number of ketones is 1. The zero-order valence-electron chi connectivity index (χ0n) is 19.0. The number of nitriles is 1. The van der Waals surface area contributed by atoms with Crippen LogP contribution in [0.4, 0.5) is 0 Å². The number of hydrogen-bond donors (Lipinski definition) is 0. The van der Waals surface area contributed by atoms with Gasteiger partial charge in [0.2, 0.25) is 0 Å². The molecule has 32 heavy (non-hydrogen) atoms. The van der Waals surface area contributed by atoms with Crippen molar-refractivity contribution in [1.29, 1.82) is 5.26 Å².